The number of aromatic nitrogens is 4. The molecule has 0 unspecified atom stereocenters. The molecule has 0 aliphatic heterocycles. The van der Waals surface area contributed by atoms with E-state index < -0.39 is 0 Å². The molecule has 20 heavy (non-hydrogen) atoms. The number of anilines is 1. The zero-order valence-corrected chi connectivity index (χ0v) is 12.5. The molecule has 0 aromatic carbocycles. The minimum Gasteiger partial charge on any atom is -0.363 e. The number of hydrogen-bond donors (Lipinski definition) is 1. The molecule has 2 aromatic heterocycles. The second kappa shape index (κ2) is 6.45. The van der Waals surface area contributed by atoms with Gasteiger partial charge in [-0.1, -0.05) is 25.9 Å². The molecule has 6 nitrogen and oxygen atoms in total. The van der Waals surface area contributed by atoms with Crippen molar-refractivity contribution in [3.63, 3.8) is 0 Å². The van der Waals surface area contributed by atoms with Gasteiger partial charge in [-0.2, -0.15) is 4.98 Å². The molecule has 0 bridgehead atoms. The Kier molecular flexibility index (Phi) is 4.65. The lowest BCUT2D eigenvalue weighted by Gasteiger charge is -2.06. The van der Waals surface area contributed by atoms with E-state index in [0.29, 0.717) is 18.3 Å². The molecule has 0 radical (unpaired) electrons. The van der Waals surface area contributed by atoms with Gasteiger partial charge in [-0.25, -0.2) is 9.97 Å². The highest BCUT2D eigenvalue weighted by Gasteiger charge is 2.10. The van der Waals surface area contributed by atoms with E-state index in [4.69, 9.17) is 4.52 Å². The average Bonchev–Trinajstić information content (AvgIpc) is 2.85. The van der Waals surface area contributed by atoms with Crippen molar-refractivity contribution in [3.8, 4) is 0 Å². The molecule has 0 saturated carbocycles. The van der Waals surface area contributed by atoms with Crippen LogP contribution in [0, 0.1) is 6.92 Å². The Bertz CT molecular complexity index is 564. The molecule has 2 aromatic rings. The molecule has 0 spiro atoms. The fraction of sp³-hybridized carbons (Fsp3) is 0.571. The second-order valence-corrected chi connectivity index (χ2v) is 5.12. The molecule has 2 heterocycles. The fourth-order valence-corrected chi connectivity index (χ4v) is 1.80. The molecule has 0 aliphatic carbocycles. The highest BCUT2D eigenvalue weighted by Crippen LogP contribution is 2.12. The van der Waals surface area contributed by atoms with Gasteiger partial charge in [0, 0.05) is 24.1 Å². The van der Waals surface area contributed by atoms with Gasteiger partial charge >= 0.3 is 0 Å². The van der Waals surface area contributed by atoms with Gasteiger partial charge < -0.3 is 9.84 Å². The monoisotopic (exact) mass is 275 g/mol. The van der Waals surface area contributed by atoms with Crippen LogP contribution in [0.3, 0.4) is 0 Å². The summed E-state index contributed by atoms with van der Waals surface area (Å²) in [7, 11) is 0. The minimum absolute atomic E-state index is 0.244. The van der Waals surface area contributed by atoms with E-state index in [0.717, 1.165) is 30.2 Å². The molecule has 0 saturated heterocycles. The Morgan fingerprint density at radius 1 is 1.20 bits per heavy atom. The summed E-state index contributed by atoms with van der Waals surface area (Å²) in [6.07, 6.45) is 1.92. The molecule has 0 fully saturated rings. The normalized spacial score (nSPS) is 11.1. The van der Waals surface area contributed by atoms with Crippen molar-refractivity contribution < 1.29 is 4.52 Å². The number of aryl methyl sites for hydroxylation is 2. The van der Waals surface area contributed by atoms with Crippen LogP contribution in [0.25, 0.3) is 0 Å². The first-order valence-corrected chi connectivity index (χ1v) is 6.99. The Morgan fingerprint density at radius 3 is 2.65 bits per heavy atom. The molecule has 1 N–H and O–H groups in total. The van der Waals surface area contributed by atoms with Gasteiger partial charge in [0.15, 0.2) is 5.82 Å². The topological polar surface area (TPSA) is 76.7 Å². The number of nitrogens with one attached hydrogen (secondary N) is 1. The Balaban J connectivity index is 2.02. The van der Waals surface area contributed by atoms with Gasteiger partial charge in [0.2, 0.25) is 5.89 Å². The molecule has 2 rings (SSSR count). The lowest BCUT2D eigenvalue weighted by atomic mass is 10.2. The number of rotatable bonds is 6. The first-order chi connectivity index (χ1) is 9.58. The summed E-state index contributed by atoms with van der Waals surface area (Å²) >= 11 is 0. The summed E-state index contributed by atoms with van der Waals surface area (Å²) in [6, 6.07) is 1.92. The van der Waals surface area contributed by atoms with Gasteiger partial charge in [0.25, 0.3) is 0 Å². The Hall–Kier alpha value is -1.98. The quantitative estimate of drug-likeness (QED) is 0.873. The zero-order chi connectivity index (χ0) is 14.5. The summed E-state index contributed by atoms with van der Waals surface area (Å²) < 4.78 is 5.17. The maximum atomic E-state index is 5.17. The highest BCUT2D eigenvalue weighted by atomic mass is 16.5. The van der Waals surface area contributed by atoms with Crippen molar-refractivity contribution in [2.75, 3.05) is 5.32 Å². The lowest BCUT2D eigenvalue weighted by Crippen LogP contribution is -2.06. The number of nitrogens with zero attached hydrogens (tertiary/aromatic N) is 4. The van der Waals surface area contributed by atoms with Crippen LogP contribution in [-0.4, -0.2) is 20.1 Å². The van der Waals surface area contributed by atoms with Crippen LogP contribution in [0.1, 0.15) is 56.3 Å². The van der Waals surface area contributed by atoms with Crippen LogP contribution in [0.2, 0.25) is 0 Å². The number of hydrogen-bond acceptors (Lipinski definition) is 6. The predicted octanol–water partition coefficient (Wildman–Crippen LogP) is 2.86. The van der Waals surface area contributed by atoms with E-state index in [2.05, 4.69) is 32.3 Å². The van der Waals surface area contributed by atoms with Crippen LogP contribution in [0.15, 0.2) is 10.6 Å². The van der Waals surface area contributed by atoms with Crippen LogP contribution >= 0.6 is 0 Å². The van der Waals surface area contributed by atoms with Crippen LogP contribution in [0.4, 0.5) is 5.82 Å². The Morgan fingerprint density at radius 2 is 2.00 bits per heavy atom. The zero-order valence-electron chi connectivity index (χ0n) is 12.5. The molecule has 6 heteroatoms. The lowest BCUT2D eigenvalue weighted by molar-refractivity contribution is 0.361. The van der Waals surface area contributed by atoms with Crippen LogP contribution < -0.4 is 5.32 Å². The van der Waals surface area contributed by atoms with E-state index in [-0.39, 0.29) is 5.92 Å². The third-order valence-electron chi connectivity index (χ3n) is 2.78. The van der Waals surface area contributed by atoms with Crippen LogP contribution in [0.5, 0.6) is 0 Å². The highest BCUT2D eigenvalue weighted by molar-refractivity contribution is 5.35. The van der Waals surface area contributed by atoms with Crippen molar-refractivity contribution in [2.45, 2.75) is 53.0 Å². The fourth-order valence-electron chi connectivity index (χ4n) is 1.80. The van der Waals surface area contributed by atoms with E-state index in [1.807, 2.05) is 26.8 Å². The SMILES string of the molecule is CCCc1nc(C)cc(NCc2noc(C(C)C)n2)n1. The van der Waals surface area contributed by atoms with Gasteiger partial charge in [-0.05, 0) is 13.3 Å². The second-order valence-electron chi connectivity index (χ2n) is 5.12. The third-order valence-corrected chi connectivity index (χ3v) is 2.78. The first kappa shape index (κ1) is 14.4. The van der Waals surface area contributed by atoms with E-state index in [1.54, 1.807) is 0 Å². The third kappa shape index (κ3) is 3.76. The van der Waals surface area contributed by atoms with E-state index in [1.165, 1.54) is 0 Å². The molecule has 0 amide bonds. The summed E-state index contributed by atoms with van der Waals surface area (Å²) in [5.41, 5.74) is 0.960. The summed E-state index contributed by atoms with van der Waals surface area (Å²) in [5.74, 6) is 3.21. The molecular weight excluding hydrogens is 254 g/mol. The van der Waals surface area contributed by atoms with Crippen molar-refractivity contribution in [1.29, 1.82) is 0 Å². The van der Waals surface area contributed by atoms with E-state index >= 15 is 0 Å². The molecule has 0 atom stereocenters. The summed E-state index contributed by atoms with van der Waals surface area (Å²) in [5, 5.41) is 7.16. The maximum Gasteiger partial charge on any atom is 0.229 e. The Labute approximate surface area is 119 Å². The smallest absolute Gasteiger partial charge is 0.229 e. The molecule has 108 valence electrons. The van der Waals surface area contributed by atoms with Crippen molar-refractivity contribution in [2.24, 2.45) is 0 Å². The molecular formula is C14H21N5O. The maximum absolute atomic E-state index is 5.17. The average molecular weight is 275 g/mol. The van der Waals surface area contributed by atoms with Crippen LogP contribution in [-0.2, 0) is 13.0 Å². The van der Waals surface area contributed by atoms with Crippen molar-refractivity contribution in [3.05, 3.63) is 29.3 Å². The van der Waals surface area contributed by atoms with Gasteiger partial charge in [0.1, 0.15) is 11.6 Å². The summed E-state index contributed by atoms with van der Waals surface area (Å²) in [4.78, 5) is 13.2. The predicted molar refractivity (Wildman–Crippen MR) is 76.5 cm³/mol. The first-order valence-electron chi connectivity index (χ1n) is 6.99. The van der Waals surface area contributed by atoms with Gasteiger partial charge in [-0.15, -0.1) is 0 Å². The summed E-state index contributed by atoms with van der Waals surface area (Å²) in [6.45, 7) is 8.63. The van der Waals surface area contributed by atoms with Crippen molar-refractivity contribution in [1.82, 2.24) is 20.1 Å². The largest absolute Gasteiger partial charge is 0.363 e. The van der Waals surface area contributed by atoms with Crippen molar-refractivity contribution >= 4 is 5.82 Å². The van der Waals surface area contributed by atoms with E-state index in [9.17, 15) is 0 Å². The van der Waals surface area contributed by atoms with Gasteiger partial charge in [-0.3, -0.25) is 0 Å². The standard InChI is InChI=1S/C14H21N5O/c1-5-6-11-16-10(4)7-12(17-11)15-8-13-18-14(9(2)3)20-19-13/h7,9H,5-6,8H2,1-4H3,(H,15,16,17). The molecule has 0 aliphatic rings. The minimum atomic E-state index is 0.244. The van der Waals surface area contributed by atoms with Gasteiger partial charge in [0.05, 0.1) is 6.54 Å².